The Hall–Kier alpha value is -3.25. The first-order valence-electron chi connectivity index (χ1n) is 10.2. The molecule has 0 bridgehead atoms. The van der Waals surface area contributed by atoms with Crippen molar-refractivity contribution in [3.05, 3.63) is 88.2 Å². The number of likely N-dealkylation sites (tertiary alicyclic amines) is 1. The van der Waals surface area contributed by atoms with Crippen LogP contribution in [0, 0.1) is 16.0 Å². The van der Waals surface area contributed by atoms with Gasteiger partial charge in [0.05, 0.1) is 4.92 Å². The summed E-state index contributed by atoms with van der Waals surface area (Å²) in [5, 5.41) is 11.0. The molecule has 0 aliphatic carbocycles. The van der Waals surface area contributed by atoms with Crippen LogP contribution in [0.3, 0.4) is 0 Å². The third kappa shape index (κ3) is 4.83. The van der Waals surface area contributed by atoms with E-state index in [-0.39, 0.29) is 11.5 Å². The Morgan fingerprint density at radius 2 is 1.93 bits per heavy atom. The number of furan rings is 1. The van der Waals surface area contributed by atoms with E-state index in [0.717, 1.165) is 32.5 Å². The molecule has 2 heterocycles. The van der Waals surface area contributed by atoms with E-state index in [0.29, 0.717) is 29.4 Å². The highest BCUT2D eigenvalue weighted by Gasteiger charge is 2.24. The monoisotopic (exact) mass is 404 g/mol. The zero-order chi connectivity index (χ0) is 20.9. The molecule has 2 aromatic carbocycles. The molecule has 0 saturated carbocycles. The normalized spacial score (nSPS) is 17.0. The second kappa shape index (κ2) is 9.05. The maximum absolute atomic E-state index is 12.8. The lowest BCUT2D eigenvalue weighted by molar-refractivity contribution is -0.384. The summed E-state index contributed by atoms with van der Waals surface area (Å²) in [7, 11) is 0. The summed E-state index contributed by atoms with van der Waals surface area (Å²) in [6.07, 6.45) is 2.57. The number of nitro benzene ring substituents is 1. The van der Waals surface area contributed by atoms with Gasteiger partial charge in [0, 0.05) is 37.2 Å². The van der Waals surface area contributed by atoms with Gasteiger partial charge in [0.2, 0.25) is 0 Å². The lowest BCUT2D eigenvalue weighted by Crippen LogP contribution is -2.35. The van der Waals surface area contributed by atoms with Gasteiger partial charge in [-0.3, -0.25) is 19.8 Å². The molecule has 0 amide bonds. The summed E-state index contributed by atoms with van der Waals surface area (Å²) >= 11 is 0. The minimum Gasteiger partial charge on any atom is -0.453 e. The molecule has 4 rings (SSSR count). The van der Waals surface area contributed by atoms with Crippen LogP contribution < -0.4 is 0 Å². The Balaban J connectivity index is 1.38. The Morgan fingerprint density at radius 1 is 1.10 bits per heavy atom. The number of carbonyl (C=O) groups excluding carboxylic acids is 1. The van der Waals surface area contributed by atoms with Crippen molar-refractivity contribution in [2.45, 2.75) is 25.8 Å². The molecule has 154 valence electrons. The number of non-ortho nitro benzene ring substituents is 1. The van der Waals surface area contributed by atoms with Crippen LogP contribution in [-0.2, 0) is 6.54 Å². The van der Waals surface area contributed by atoms with Crippen molar-refractivity contribution in [3.8, 4) is 11.3 Å². The predicted molar refractivity (Wildman–Crippen MR) is 114 cm³/mol. The maximum atomic E-state index is 12.8. The van der Waals surface area contributed by atoms with Crippen molar-refractivity contribution >= 4 is 11.5 Å². The van der Waals surface area contributed by atoms with Crippen molar-refractivity contribution in [1.82, 2.24) is 4.90 Å². The first-order valence-corrected chi connectivity index (χ1v) is 10.2. The first-order chi connectivity index (χ1) is 14.6. The number of nitrogens with zero attached hydrogens (tertiary/aromatic N) is 2. The molecule has 1 fully saturated rings. The minimum absolute atomic E-state index is 0.00232. The molecule has 6 nitrogen and oxygen atoms in total. The molecule has 0 radical (unpaired) electrons. The van der Waals surface area contributed by atoms with Gasteiger partial charge in [-0.25, -0.2) is 0 Å². The van der Waals surface area contributed by atoms with Gasteiger partial charge in [-0.05, 0) is 43.0 Å². The molecule has 1 atom stereocenters. The standard InChI is InChI=1S/C24H24N2O4/c27-22(14-19-8-5-13-25(17-19)16-18-6-2-1-3-7-18)24-12-11-23(30-24)20-9-4-10-21(15-20)26(28)29/h1-4,6-7,9-12,15,19H,5,8,13-14,16-17H2. The second-order valence-electron chi connectivity index (χ2n) is 7.83. The topological polar surface area (TPSA) is 76.6 Å². The number of carbonyl (C=O) groups is 1. The number of nitro groups is 1. The van der Waals surface area contributed by atoms with Gasteiger partial charge in [0.1, 0.15) is 5.76 Å². The highest BCUT2D eigenvalue weighted by molar-refractivity contribution is 5.94. The fourth-order valence-corrected chi connectivity index (χ4v) is 4.08. The molecular formula is C24H24N2O4. The summed E-state index contributed by atoms with van der Waals surface area (Å²) in [6.45, 7) is 2.86. The lowest BCUT2D eigenvalue weighted by atomic mass is 9.92. The SMILES string of the molecule is O=C(CC1CCCN(Cc2ccccc2)C1)c1ccc(-c2cccc([N+](=O)[O-])c2)o1. The zero-order valence-corrected chi connectivity index (χ0v) is 16.7. The number of piperidine rings is 1. The maximum Gasteiger partial charge on any atom is 0.270 e. The summed E-state index contributed by atoms with van der Waals surface area (Å²) in [5.41, 5.74) is 1.88. The van der Waals surface area contributed by atoms with E-state index in [9.17, 15) is 14.9 Å². The molecule has 0 N–H and O–H groups in total. The van der Waals surface area contributed by atoms with Gasteiger partial charge in [0.15, 0.2) is 11.5 Å². The van der Waals surface area contributed by atoms with E-state index in [2.05, 4.69) is 29.2 Å². The van der Waals surface area contributed by atoms with Crippen molar-refractivity contribution in [1.29, 1.82) is 0 Å². The van der Waals surface area contributed by atoms with E-state index in [1.54, 1.807) is 24.3 Å². The zero-order valence-electron chi connectivity index (χ0n) is 16.7. The molecule has 1 saturated heterocycles. The van der Waals surface area contributed by atoms with E-state index in [4.69, 9.17) is 4.42 Å². The summed E-state index contributed by atoms with van der Waals surface area (Å²) in [6, 6.07) is 20.0. The second-order valence-corrected chi connectivity index (χ2v) is 7.83. The first kappa shape index (κ1) is 20.0. The van der Waals surface area contributed by atoms with Crippen LogP contribution in [0.2, 0.25) is 0 Å². The molecule has 1 aliphatic rings. The van der Waals surface area contributed by atoms with Crippen molar-refractivity contribution in [2.75, 3.05) is 13.1 Å². The molecule has 6 heteroatoms. The fraction of sp³-hybridized carbons (Fsp3) is 0.292. The Labute approximate surface area is 175 Å². The van der Waals surface area contributed by atoms with Crippen molar-refractivity contribution < 1.29 is 14.1 Å². The Bertz CT molecular complexity index is 1030. The number of Topliss-reactive ketones (excluding diaryl/α,β-unsaturated/α-hetero) is 1. The molecule has 1 unspecified atom stereocenters. The van der Waals surface area contributed by atoms with Gasteiger partial charge in [-0.2, -0.15) is 0 Å². The van der Waals surface area contributed by atoms with Gasteiger partial charge >= 0.3 is 0 Å². The minimum atomic E-state index is -0.442. The smallest absolute Gasteiger partial charge is 0.270 e. The van der Waals surface area contributed by atoms with Crippen LogP contribution in [0.5, 0.6) is 0 Å². The Kier molecular flexibility index (Phi) is 6.05. The van der Waals surface area contributed by atoms with Crippen LogP contribution in [-0.4, -0.2) is 28.7 Å². The van der Waals surface area contributed by atoms with E-state index < -0.39 is 4.92 Å². The molecule has 30 heavy (non-hydrogen) atoms. The van der Waals surface area contributed by atoms with E-state index in [1.165, 1.54) is 17.7 Å². The lowest BCUT2D eigenvalue weighted by Gasteiger charge is -2.32. The number of ketones is 1. The van der Waals surface area contributed by atoms with Crippen LogP contribution in [0.4, 0.5) is 5.69 Å². The van der Waals surface area contributed by atoms with Gasteiger partial charge < -0.3 is 4.42 Å². The molecule has 1 aromatic heterocycles. The van der Waals surface area contributed by atoms with Crippen molar-refractivity contribution in [2.24, 2.45) is 5.92 Å². The van der Waals surface area contributed by atoms with Crippen LogP contribution in [0.25, 0.3) is 11.3 Å². The average molecular weight is 404 g/mol. The highest BCUT2D eigenvalue weighted by atomic mass is 16.6. The van der Waals surface area contributed by atoms with E-state index in [1.807, 2.05) is 6.07 Å². The third-order valence-corrected chi connectivity index (χ3v) is 5.55. The van der Waals surface area contributed by atoms with Crippen LogP contribution >= 0.6 is 0 Å². The number of hydrogen-bond acceptors (Lipinski definition) is 5. The molecular weight excluding hydrogens is 380 g/mol. The molecule has 3 aromatic rings. The third-order valence-electron chi connectivity index (χ3n) is 5.55. The molecule has 1 aliphatic heterocycles. The van der Waals surface area contributed by atoms with Gasteiger partial charge in [0.25, 0.3) is 5.69 Å². The van der Waals surface area contributed by atoms with Gasteiger partial charge in [-0.15, -0.1) is 0 Å². The number of rotatable bonds is 7. The molecule has 0 spiro atoms. The van der Waals surface area contributed by atoms with Crippen LogP contribution in [0.15, 0.2) is 71.1 Å². The highest BCUT2D eigenvalue weighted by Crippen LogP contribution is 2.28. The van der Waals surface area contributed by atoms with Crippen LogP contribution in [0.1, 0.15) is 35.4 Å². The van der Waals surface area contributed by atoms with Gasteiger partial charge in [-0.1, -0.05) is 42.5 Å². The van der Waals surface area contributed by atoms with Crippen molar-refractivity contribution in [3.63, 3.8) is 0 Å². The van der Waals surface area contributed by atoms with E-state index >= 15 is 0 Å². The number of benzene rings is 2. The average Bonchev–Trinajstić information content (AvgIpc) is 3.25. The fourth-order valence-electron chi connectivity index (χ4n) is 4.08. The predicted octanol–water partition coefficient (Wildman–Crippen LogP) is 5.34. The summed E-state index contributed by atoms with van der Waals surface area (Å²) in [5.74, 6) is 1.08. The largest absolute Gasteiger partial charge is 0.453 e. The Morgan fingerprint density at radius 3 is 2.73 bits per heavy atom. The summed E-state index contributed by atoms with van der Waals surface area (Å²) in [4.78, 5) is 25.7. The number of hydrogen-bond donors (Lipinski definition) is 0. The summed E-state index contributed by atoms with van der Waals surface area (Å²) < 4.78 is 5.74. The quantitative estimate of drug-likeness (QED) is 0.302.